The van der Waals surface area contributed by atoms with Crippen LogP contribution in [0.4, 0.5) is 11.4 Å². The van der Waals surface area contributed by atoms with E-state index in [1.165, 1.54) is 12.3 Å². The van der Waals surface area contributed by atoms with Gasteiger partial charge in [-0.25, -0.2) is 0 Å². The predicted molar refractivity (Wildman–Crippen MR) is 107 cm³/mol. The molecule has 2 amide bonds. The van der Waals surface area contributed by atoms with Gasteiger partial charge in [0.1, 0.15) is 5.76 Å². The number of benzene rings is 2. The van der Waals surface area contributed by atoms with Gasteiger partial charge in [0.05, 0.1) is 17.5 Å². The Morgan fingerprint density at radius 2 is 1.67 bits per heavy atom. The van der Waals surface area contributed by atoms with E-state index in [0.717, 1.165) is 16.8 Å². The second-order valence-electron chi connectivity index (χ2n) is 6.09. The molecule has 0 spiro atoms. The van der Waals surface area contributed by atoms with Crippen molar-refractivity contribution in [3.8, 4) is 0 Å². The second kappa shape index (κ2) is 8.19. The van der Waals surface area contributed by atoms with Crippen LogP contribution in [0.2, 0.25) is 0 Å². The zero-order valence-electron chi connectivity index (χ0n) is 15.2. The lowest BCUT2D eigenvalue weighted by Gasteiger charge is -2.13. The maximum atomic E-state index is 12.7. The van der Waals surface area contributed by atoms with Crippen LogP contribution in [0.25, 0.3) is 6.08 Å². The highest BCUT2D eigenvalue weighted by atomic mass is 16.3. The molecule has 0 unspecified atom stereocenters. The standard InChI is InChI=1S/C22H20N2O3/c1-15-7-5-11-19(16(15)2)24-22(26)18-9-3-4-10-20(18)23-21(25)13-12-17-8-6-14-27-17/h3-14H,1-2H3,(H,23,25)(H,24,26)/b13-12-. The van der Waals surface area contributed by atoms with E-state index in [1.807, 2.05) is 32.0 Å². The Balaban J connectivity index is 1.76. The molecule has 0 radical (unpaired) electrons. The highest BCUT2D eigenvalue weighted by Crippen LogP contribution is 2.21. The van der Waals surface area contributed by atoms with Gasteiger partial charge in [-0.05, 0) is 61.4 Å². The van der Waals surface area contributed by atoms with Crippen molar-refractivity contribution in [2.75, 3.05) is 10.6 Å². The number of carbonyl (C=O) groups is 2. The number of nitrogens with one attached hydrogen (secondary N) is 2. The summed E-state index contributed by atoms with van der Waals surface area (Å²) >= 11 is 0. The summed E-state index contributed by atoms with van der Waals surface area (Å²) < 4.78 is 5.15. The highest BCUT2D eigenvalue weighted by Gasteiger charge is 2.13. The fraction of sp³-hybridized carbons (Fsp3) is 0.0909. The smallest absolute Gasteiger partial charge is 0.257 e. The molecular formula is C22H20N2O3. The lowest BCUT2D eigenvalue weighted by Crippen LogP contribution is -2.17. The number of furan rings is 1. The van der Waals surface area contributed by atoms with Crippen molar-refractivity contribution in [3.63, 3.8) is 0 Å². The molecule has 5 nitrogen and oxygen atoms in total. The SMILES string of the molecule is Cc1cccc(NC(=O)c2ccccc2NC(=O)/C=C\c2ccco2)c1C. The van der Waals surface area contributed by atoms with Gasteiger partial charge in [-0.2, -0.15) is 0 Å². The minimum absolute atomic E-state index is 0.283. The van der Waals surface area contributed by atoms with Crippen LogP contribution in [-0.2, 0) is 4.79 Å². The Morgan fingerprint density at radius 1 is 0.889 bits per heavy atom. The Labute approximate surface area is 157 Å². The summed E-state index contributed by atoms with van der Waals surface area (Å²) in [6, 6.07) is 16.1. The third-order valence-corrected chi connectivity index (χ3v) is 4.22. The zero-order valence-corrected chi connectivity index (χ0v) is 15.2. The highest BCUT2D eigenvalue weighted by molar-refractivity contribution is 6.12. The number of hydrogen-bond acceptors (Lipinski definition) is 3. The number of carbonyl (C=O) groups excluding carboxylic acids is 2. The number of hydrogen-bond donors (Lipinski definition) is 2. The molecule has 0 saturated carbocycles. The molecule has 2 aromatic carbocycles. The summed E-state index contributed by atoms with van der Waals surface area (Å²) in [6.07, 6.45) is 4.46. The van der Waals surface area contributed by atoms with E-state index in [1.54, 1.807) is 42.5 Å². The lowest BCUT2D eigenvalue weighted by molar-refractivity contribution is -0.111. The second-order valence-corrected chi connectivity index (χ2v) is 6.09. The molecule has 0 atom stereocenters. The van der Waals surface area contributed by atoms with Crippen molar-refractivity contribution in [3.05, 3.63) is 89.4 Å². The minimum atomic E-state index is -0.349. The molecule has 3 rings (SSSR count). The van der Waals surface area contributed by atoms with E-state index in [9.17, 15) is 9.59 Å². The summed E-state index contributed by atoms with van der Waals surface area (Å²) in [6.45, 7) is 3.95. The van der Waals surface area contributed by atoms with Gasteiger partial charge in [0.2, 0.25) is 5.91 Å². The van der Waals surface area contributed by atoms with Gasteiger partial charge in [0.25, 0.3) is 5.91 Å². The van der Waals surface area contributed by atoms with Crippen LogP contribution in [0.3, 0.4) is 0 Å². The Kier molecular flexibility index (Phi) is 5.52. The van der Waals surface area contributed by atoms with E-state index in [0.29, 0.717) is 17.0 Å². The summed E-state index contributed by atoms with van der Waals surface area (Å²) in [5.41, 5.74) is 3.68. The molecule has 1 aromatic heterocycles. The van der Waals surface area contributed by atoms with Gasteiger partial charge in [-0.15, -0.1) is 0 Å². The number of anilines is 2. The molecule has 27 heavy (non-hydrogen) atoms. The van der Waals surface area contributed by atoms with Crippen molar-refractivity contribution in [2.45, 2.75) is 13.8 Å². The summed E-state index contributed by atoms with van der Waals surface area (Å²) in [4.78, 5) is 24.9. The molecule has 0 bridgehead atoms. The molecule has 5 heteroatoms. The van der Waals surface area contributed by atoms with Crippen LogP contribution >= 0.6 is 0 Å². The quantitative estimate of drug-likeness (QED) is 0.642. The number of rotatable bonds is 5. The first-order valence-electron chi connectivity index (χ1n) is 8.54. The average molecular weight is 360 g/mol. The number of amides is 2. The fourth-order valence-corrected chi connectivity index (χ4v) is 2.58. The van der Waals surface area contributed by atoms with E-state index >= 15 is 0 Å². The van der Waals surface area contributed by atoms with Gasteiger partial charge in [0, 0.05) is 11.8 Å². The van der Waals surface area contributed by atoms with E-state index in [-0.39, 0.29) is 11.8 Å². The van der Waals surface area contributed by atoms with Crippen LogP contribution in [-0.4, -0.2) is 11.8 Å². The van der Waals surface area contributed by atoms with Gasteiger partial charge in [-0.1, -0.05) is 24.3 Å². The first kappa shape index (κ1) is 18.2. The van der Waals surface area contributed by atoms with Gasteiger partial charge in [-0.3, -0.25) is 9.59 Å². The monoisotopic (exact) mass is 360 g/mol. The van der Waals surface area contributed by atoms with Crippen molar-refractivity contribution in [1.82, 2.24) is 0 Å². The molecular weight excluding hydrogens is 340 g/mol. The molecule has 136 valence electrons. The van der Waals surface area contributed by atoms with E-state index in [2.05, 4.69) is 10.6 Å². The zero-order chi connectivity index (χ0) is 19.2. The molecule has 2 N–H and O–H groups in total. The van der Waals surface area contributed by atoms with Crippen LogP contribution in [0, 0.1) is 13.8 Å². The van der Waals surface area contributed by atoms with Crippen molar-refractivity contribution in [2.24, 2.45) is 0 Å². The summed E-state index contributed by atoms with van der Waals surface area (Å²) in [7, 11) is 0. The average Bonchev–Trinajstić information content (AvgIpc) is 3.18. The van der Waals surface area contributed by atoms with Gasteiger partial charge >= 0.3 is 0 Å². The Hall–Kier alpha value is -3.60. The third kappa shape index (κ3) is 4.52. The van der Waals surface area contributed by atoms with Gasteiger partial charge in [0.15, 0.2) is 0 Å². The first-order valence-corrected chi connectivity index (χ1v) is 8.54. The molecule has 0 aliphatic rings. The van der Waals surface area contributed by atoms with Crippen LogP contribution in [0.5, 0.6) is 0 Å². The Morgan fingerprint density at radius 3 is 2.44 bits per heavy atom. The van der Waals surface area contributed by atoms with E-state index < -0.39 is 0 Å². The van der Waals surface area contributed by atoms with Crippen LogP contribution < -0.4 is 10.6 Å². The molecule has 1 heterocycles. The summed E-state index contributed by atoms with van der Waals surface area (Å²) in [5.74, 6) is -0.0564. The summed E-state index contributed by atoms with van der Waals surface area (Å²) in [5, 5.41) is 5.65. The molecule has 0 fully saturated rings. The third-order valence-electron chi connectivity index (χ3n) is 4.22. The van der Waals surface area contributed by atoms with Crippen LogP contribution in [0.15, 0.2) is 71.4 Å². The molecule has 0 aliphatic carbocycles. The van der Waals surface area contributed by atoms with Crippen molar-refractivity contribution in [1.29, 1.82) is 0 Å². The largest absolute Gasteiger partial charge is 0.465 e. The topological polar surface area (TPSA) is 71.3 Å². The maximum Gasteiger partial charge on any atom is 0.257 e. The Bertz CT molecular complexity index is 989. The lowest BCUT2D eigenvalue weighted by atomic mass is 10.1. The van der Waals surface area contributed by atoms with Gasteiger partial charge < -0.3 is 15.1 Å². The maximum absolute atomic E-state index is 12.7. The fourth-order valence-electron chi connectivity index (χ4n) is 2.58. The minimum Gasteiger partial charge on any atom is -0.465 e. The normalized spacial score (nSPS) is 10.7. The van der Waals surface area contributed by atoms with Crippen LogP contribution in [0.1, 0.15) is 27.2 Å². The predicted octanol–water partition coefficient (Wildman–Crippen LogP) is 4.80. The van der Waals surface area contributed by atoms with E-state index in [4.69, 9.17) is 4.42 Å². The molecule has 3 aromatic rings. The van der Waals surface area contributed by atoms with Crippen molar-refractivity contribution < 1.29 is 14.0 Å². The molecule has 0 saturated heterocycles. The number of para-hydroxylation sites is 1. The van der Waals surface area contributed by atoms with Crippen molar-refractivity contribution >= 4 is 29.3 Å². The number of aryl methyl sites for hydroxylation is 1. The molecule has 0 aliphatic heterocycles. The first-order chi connectivity index (χ1) is 13.0.